The zero-order valence-corrected chi connectivity index (χ0v) is 24.7. The first-order valence-corrected chi connectivity index (χ1v) is 14.1. The molecule has 0 bridgehead atoms. The largest absolute Gasteiger partial charge is 0.368 e. The zero-order valence-electron chi connectivity index (χ0n) is 24.7. The number of benzene rings is 1. The summed E-state index contributed by atoms with van der Waals surface area (Å²) in [5.41, 5.74) is 3.55. The first kappa shape index (κ1) is 33.6. The number of nitrogens with one attached hydrogen (secondary N) is 2. The molecule has 1 unspecified atom stereocenters. The van der Waals surface area contributed by atoms with Gasteiger partial charge in [0, 0.05) is 44.0 Å². The number of amides is 1. The summed E-state index contributed by atoms with van der Waals surface area (Å²) < 4.78 is 0. The van der Waals surface area contributed by atoms with E-state index in [-0.39, 0.29) is 11.9 Å². The Balaban J connectivity index is 0.00000119. The van der Waals surface area contributed by atoms with Gasteiger partial charge < -0.3 is 10.6 Å². The van der Waals surface area contributed by atoms with Crippen LogP contribution in [0.2, 0.25) is 0 Å². The van der Waals surface area contributed by atoms with E-state index >= 15 is 0 Å². The van der Waals surface area contributed by atoms with Gasteiger partial charge in [0.1, 0.15) is 5.82 Å². The summed E-state index contributed by atoms with van der Waals surface area (Å²) in [4.78, 5) is 19.2. The van der Waals surface area contributed by atoms with Crippen molar-refractivity contribution in [3.05, 3.63) is 59.3 Å². The number of hydrogen-bond acceptors (Lipinski definition) is 4. The smallest absolute Gasteiger partial charge is 0.251 e. The Bertz CT molecular complexity index is 817. The molecule has 204 valence electrons. The van der Waals surface area contributed by atoms with Crippen LogP contribution in [0.3, 0.4) is 0 Å². The minimum Gasteiger partial charge on any atom is -0.368 e. The number of pyridine rings is 1. The molecule has 0 saturated carbocycles. The van der Waals surface area contributed by atoms with E-state index in [2.05, 4.69) is 107 Å². The molecular weight excluding hydrogens is 444 g/mol. The van der Waals surface area contributed by atoms with Gasteiger partial charge in [-0.25, -0.2) is 4.98 Å². The van der Waals surface area contributed by atoms with Crippen molar-refractivity contribution in [2.45, 2.75) is 101 Å². The van der Waals surface area contributed by atoms with Crippen molar-refractivity contribution in [3.63, 3.8) is 0 Å². The number of rotatable bonds is 7. The molecule has 0 radical (unpaired) electrons. The molecular formula is C31H54N4O. The molecule has 1 amide bonds. The molecule has 0 spiro atoms. The Morgan fingerprint density at radius 3 is 2.11 bits per heavy atom. The molecule has 1 aromatic carbocycles. The first-order chi connectivity index (χ1) is 17.3. The average molecular weight is 499 g/mol. The fourth-order valence-electron chi connectivity index (χ4n) is 3.53. The highest BCUT2D eigenvalue weighted by Gasteiger charge is 2.18. The van der Waals surface area contributed by atoms with Crippen LogP contribution in [-0.2, 0) is 13.0 Å². The van der Waals surface area contributed by atoms with Crippen molar-refractivity contribution in [2.24, 2.45) is 5.92 Å². The van der Waals surface area contributed by atoms with Crippen molar-refractivity contribution in [3.8, 4) is 0 Å². The van der Waals surface area contributed by atoms with Crippen molar-refractivity contribution >= 4 is 11.7 Å². The maximum Gasteiger partial charge on any atom is 0.251 e. The van der Waals surface area contributed by atoms with Crippen LogP contribution in [0, 0.1) is 5.92 Å². The number of carbonyl (C=O) groups is 1. The lowest BCUT2D eigenvalue weighted by Gasteiger charge is -2.30. The lowest BCUT2D eigenvalue weighted by Crippen LogP contribution is -2.38. The highest BCUT2D eigenvalue weighted by Crippen LogP contribution is 2.19. The van der Waals surface area contributed by atoms with Gasteiger partial charge in [-0.05, 0) is 49.4 Å². The molecule has 5 heteroatoms. The zero-order chi connectivity index (χ0) is 27.3. The molecule has 0 saturated heterocycles. The van der Waals surface area contributed by atoms with E-state index in [1.165, 1.54) is 30.4 Å². The van der Waals surface area contributed by atoms with E-state index in [1.807, 2.05) is 6.07 Å². The Morgan fingerprint density at radius 1 is 0.944 bits per heavy atom. The second-order valence-corrected chi connectivity index (χ2v) is 9.92. The fraction of sp³-hybridized carbons (Fsp3) is 0.613. The van der Waals surface area contributed by atoms with E-state index < -0.39 is 0 Å². The Hall–Kier alpha value is -2.40. The van der Waals surface area contributed by atoms with Crippen LogP contribution in [0.25, 0.3) is 0 Å². The number of nitrogens with zero attached hydrogens (tertiary/aromatic N) is 2. The standard InChI is InChI=1S/C22H30N4O.3C3H8/c1-16(2)25-21-12-19(8-10-23-21)22(27)24-13-17(3)14-26-11-9-18-6-4-5-7-20(18)15-26;3*1-3-2/h4-8,10,12,16-17H,9,11,13-15H2,1-3H3,(H,23,25)(H,24,27);3*3H2,1-2H3. The predicted octanol–water partition coefficient (Wildman–Crippen LogP) is 7.58. The first-order valence-electron chi connectivity index (χ1n) is 14.1. The van der Waals surface area contributed by atoms with E-state index in [4.69, 9.17) is 0 Å². The minimum absolute atomic E-state index is 0.0416. The summed E-state index contributed by atoms with van der Waals surface area (Å²) >= 11 is 0. The number of hydrogen-bond donors (Lipinski definition) is 2. The maximum atomic E-state index is 12.5. The molecule has 2 N–H and O–H groups in total. The second kappa shape index (κ2) is 20.8. The summed E-state index contributed by atoms with van der Waals surface area (Å²) in [6, 6.07) is 12.5. The predicted molar refractivity (Wildman–Crippen MR) is 158 cm³/mol. The molecule has 1 aliphatic rings. The van der Waals surface area contributed by atoms with Crippen LogP contribution in [0.5, 0.6) is 0 Å². The SMILES string of the molecule is CC(CNC(=O)c1ccnc(NC(C)C)c1)CN1CCc2ccccc2C1.CCC.CCC.CCC. The van der Waals surface area contributed by atoms with Crippen LogP contribution in [0.15, 0.2) is 42.6 Å². The third-order valence-electron chi connectivity index (χ3n) is 4.85. The quantitative estimate of drug-likeness (QED) is 0.413. The lowest BCUT2D eigenvalue weighted by atomic mass is 9.99. The highest BCUT2D eigenvalue weighted by molar-refractivity contribution is 5.94. The van der Waals surface area contributed by atoms with Crippen LogP contribution in [0.1, 0.15) is 103 Å². The summed E-state index contributed by atoms with van der Waals surface area (Å²) in [7, 11) is 0. The average Bonchev–Trinajstić information content (AvgIpc) is 2.84. The highest BCUT2D eigenvalue weighted by atomic mass is 16.1. The molecule has 1 atom stereocenters. The monoisotopic (exact) mass is 498 g/mol. The molecule has 1 aromatic heterocycles. The molecule has 1 aliphatic heterocycles. The van der Waals surface area contributed by atoms with E-state index in [9.17, 15) is 4.79 Å². The maximum absolute atomic E-state index is 12.5. The van der Waals surface area contributed by atoms with E-state index in [1.54, 1.807) is 12.3 Å². The lowest BCUT2D eigenvalue weighted by molar-refractivity contribution is 0.0943. The van der Waals surface area contributed by atoms with Gasteiger partial charge in [0.2, 0.25) is 0 Å². The van der Waals surface area contributed by atoms with Crippen molar-refractivity contribution in [1.82, 2.24) is 15.2 Å². The van der Waals surface area contributed by atoms with Gasteiger partial charge in [-0.15, -0.1) is 0 Å². The Morgan fingerprint density at radius 2 is 1.53 bits per heavy atom. The van der Waals surface area contributed by atoms with Crippen LogP contribution in [0.4, 0.5) is 5.82 Å². The molecule has 2 heterocycles. The second-order valence-electron chi connectivity index (χ2n) is 9.92. The van der Waals surface area contributed by atoms with Crippen LogP contribution in [-0.4, -0.2) is 41.5 Å². The number of aromatic nitrogens is 1. The van der Waals surface area contributed by atoms with Gasteiger partial charge in [0.05, 0.1) is 0 Å². The van der Waals surface area contributed by atoms with Gasteiger partial charge in [-0.1, -0.05) is 92.0 Å². The third kappa shape index (κ3) is 14.9. The number of anilines is 1. The van der Waals surface area contributed by atoms with Crippen molar-refractivity contribution < 1.29 is 4.79 Å². The summed E-state index contributed by atoms with van der Waals surface area (Å²) in [6.45, 7) is 22.8. The van der Waals surface area contributed by atoms with Crippen LogP contribution >= 0.6 is 0 Å². The van der Waals surface area contributed by atoms with E-state index in [0.29, 0.717) is 18.0 Å². The summed E-state index contributed by atoms with van der Waals surface area (Å²) in [5.74, 6) is 1.09. The van der Waals surface area contributed by atoms with Gasteiger partial charge in [0.15, 0.2) is 0 Å². The normalized spacial score (nSPS) is 12.9. The molecule has 0 aliphatic carbocycles. The summed E-state index contributed by atoms with van der Waals surface area (Å²) in [6.07, 6.45) is 6.53. The van der Waals surface area contributed by atoms with Gasteiger partial charge in [0.25, 0.3) is 5.91 Å². The Kier molecular flexibility index (Phi) is 19.4. The number of fused-ring (bicyclic) bond motifs is 1. The summed E-state index contributed by atoms with van der Waals surface area (Å²) in [5, 5.41) is 6.30. The van der Waals surface area contributed by atoms with Crippen LogP contribution < -0.4 is 10.6 Å². The molecule has 5 nitrogen and oxygen atoms in total. The molecule has 0 fully saturated rings. The third-order valence-corrected chi connectivity index (χ3v) is 4.85. The fourth-order valence-corrected chi connectivity index (χ4v) is 3.53. The van der Waals surface area contributed by atoms with Crippen molar-refractivity contribution in [1.29, 1.82) is 0 Å². The van der Waals surface area contributed by atoms with E-state index in [0.717, 1.165) is 31.9 Å². The molecule has 36 heavy (non-hydrogen) atoms. The van der Waals surface area contributed by atoms with Gasteiger partial charge >= 0.3 is 0 Å². The van der Waals surface area contributed by atoms with Gasteiger partial charge in [-0.2, -0.15) is 0 Å². The molecule has 3 rings (SSSR count). The topological polar surface area (TPSA) is 57.3 Å². The Labute approximate surface area is 222 Å². The van der Waals surface area contributed by atoms with Gasteiger partial charge in [-0.3, -0.25) is 9.69 Å². The number of carbonyl (C=O) groups excluding carboxylic acids is 1. The molecule has 2 aromatic rings. The van der Waals surface area contributed by atoms with Crippen molar-refractivity contribution in [2.75, 3.05) is 25.0 Å². The minimum atomic E-state index is -0.0416.